The van der Waals surface area contributed by atoms with Crippen molar-refractivity contribution >= 4 is 28.5 Å². The summed E-state index contributed by atoms with van der Waals surface area (Å²) in [7, 11) is 0. The molecule has 152 valence electrons. The molecule has 10 heteroatoms. The van der Waals surface area contributed by atoms with Gasteiger partial charge in [-0.15, -0.1) is 0 Å². The fourth-order valence-electron chi connectivity index (χ4n) is 3.42. The highest BCUT2D eigenvalue weighted by Gasteiger charge is 2.26. The number of H-pyrrole nitrogens is 2. The Labute approximate surface area is 171 Å². The lowest BCUT2D eigenvalue weighted by Crippen LogP contribution is -2.23. The summed E-state index contributed by atoms with van der Waals surface area (Å²) >= 11 is 6.07. The highest BCUT2D eigenvalue weighted by Crippen LogP contribution is 2.35. The van der Waals surface area contributed by atoms with Gasteiger partial charge in [0.25, 0.3) is 5.56 Å². The van der Waals surface area contributed by atoms with E-state index in [1.807, 2.05) is 4.98 Å². The van der Waals surface area contributed by atoms with E-state index < -0.39 is 35.4 Å². The predicted octanol–water partition coefficient (Wildman–Crippen LogP) is 3.36. The van der Waals surface area contributed by atoms with Crippen molar-refractivity contribution in [2.24, 2.45) is 0 Å². The van der Waals surface area contributed by atoms with Gasteiger partial charge in [-0.05, 0) is 30.3 Å². The summed E-state index contributed by atoms with van der Waals surface area (Å²) in [5.41, 5.74) is -2.18. The van der Waals surface area contributed by atoms with Gasteiger partial charge in [0.05, 0.1) is 12.1 Å². The number of carboxylic acid groups (broad SMARTS) is 1. The van der Waals surface area contributed by atoms with E-state index >= 15 is 0 Å². The zero-order valence-electron chi connectivity index (χ0n) is 15.0. The first-order chi connectivity index (χ1) is 14.3. The second-order valence-electron chi connectivity index (χ2n) is 6.46. The number of rotatable bonds is 4. The number of carboxylic acids is 1. The van der Waals surface area contributed by atoms with Gasteiger partial charge in [0.1, 0.15) is 17.3 Å². The number of nitrogens with one attached hydrogen (secondary N) is 2. The molecular weight excluding hydrogens is 420 g/mol. The lowest BCUT2D eigenvalue weighted by molar-refractivity contribution is 0.0687. The van der Waals surface area contributed by atoms with Crippen molar-refractivity contribution in [2.75, 3.05) is 0 Å². The lowest BCUT2D eigenvalue weighted by Gasteiger charge is -2.11. The van der Waals surface area contributed by atoms with Crippen LogP contribution in [-0.4, -0.2) is 25.6 Å². The van der Waals surface area contributed by atoms with Gasteiger partial charge < -0.3 is 14.7 Å². The van der Waals surface area contributed by atoms with Crippen LogP contribution in [-0.2, 0) is 6.54 Å². The van der Waals surface area contributed by atoms with E-state index in [0.29, 0.717) is 5.52 Å². The molecule has 7 nitrogen and oxygen atoms in total. The van der Waals surface area contributed by atoms with Gasteiger partial charge >= 0.3 is 11.7 Å². The first-order valence-electron chi connectivity index (χ1n) is 8.58. The van der Waals surface area contributed by atoms with Gasteiger partial charge in [0.15, 0.2) is 0 Å². The maximum atomic E-state index is 14.3. The van der Waals surface area contributed by atoms with Crippen molar-refractivity contribution in [3.05, 3.63) is 91.3 Å². The molecule has 0 aliphatic rings. The number of nitrogens with zero attached hydrogens (tertiary/aromatic N) is 1. The number of hydrogen-bond donors (Lipinski definition) is 3. The van der Waals surface area contributed by atoms with Gasteiger partial charge in [-0.2, -0.15) is 0 Å². The molecule has 2 aromatic heterocycles. The van der Waals surface area contributed by atoms with Crippen LogP contribution in [0, 0.1) is 11.6 Å². The largest absolute Gasteiger partial charge is 0.477 e. The van der Waals surface area contributed by atoms with Gasteiger partial charge in [-0.1, -0.05) is 17.7 Å². The summed E-state index contributed by atoms with van der Waals surface area (Å²) in [6.07, 6.45) is 1.08. The van der Waals surface area contributed by atoms with Gasteiger partial charge in [0.2, 0.25) is 0 Å². The number of hydrogen-bond acceptors (Lipinski definition) is 3. The highest BCUT2D eigenvalue weighted by molar-refractivity contribution is 6.31. The van der Waals surface area contributed by atoms with E-state index in [2.05, 4.69) is 4.98 Å². The number of benzene rings is 2. The molecule has 0 radical (unpaired) electrons. The Balaban J connectivity index is 2.11. The van der Waals surface area contributed by atoms with E-state index in [9.17, 15) is 28.3 Å². The quantitative estimate of drug-likeness (QED) is 0.460. The third-order valence-corrected chi connectivity index (χ3v) is 4.93. The average Bonchev–Trinajstić information content (AvgIpc) is 2.98. The van der Waals surface area contributed by atoms with Crippen molar-refractivity contribution in [3.8, 4) is 11.1 Å². The van der Waals surface area contributed by atoms with Crippen LogP contribution in [0.4, 0.5) is 8.78 Å². The van der Waals surface area contributed by atoms with E-state index in [0.717, 1.165) is 18.3 Å². The van der Waals surface area contributed by atoms with E-state index in [1.165, 1.54) is 28.8 Å². The molecule has 0 aliphatic carbocycles. The molecular formula is C20H12ClF2N3O4. The number of fused-ring (bicyclic) bond motifs is 1. The minimum absolute atomic E-state index is 0.0331. The van der Waals surface area contributed by atoms with Crippen LogP contribution in [0.3, 0.4) is 0 Å². The highest BCUT2D eigenvalue weighted by atomic mass is 35.5. The Morgan fingerprint density at radius 3 is 2.47 bits per heavy atom. The standard InChI is InChI=1S/C20H12ClF2N3O4/c21-9-4-5-15-10(6-9)16(11-7-24-20(30)25-18(11)27)17(19(28)29)26(15)8-12-13(22)2-1-3-14(12)23/h1-7H,8H2,(H,28,29)(H2,24,25,27,30). The smallest absolute Gasteiger partial charge is 0.353 e. The molecule has 0 atom stereocenters. The third kappa shape index (κ3) is 3.18. The molecule has 0 spiro atoms. The van der Waals surface area contributed by atoms with Crippen LogP contribution in [0.25, 0.3) is 22.0 Å². The van der Waals surface area contributed by atoms with Crippen molar-refractivity contribution in [1.29, 1.82) is 0 Å². The van der Waals surface area contributed by atoms with Crippen molar-refractivity contribution in [3.63, 3.8) is 0 Å². The predicted molar refractivity (Wildman–Crippen MR) is 106 cm³/mol. The second kappa shape index (κ2) is 7.27. The first-order valence-corrected chi connectivity index (χ1v) is 8.96. The molecule has 0 fully saturated rings. The van der Waals surface area contributed by atoms with Crippen molar-refractivity contribution in [2.45, 2.75) is 6.54 Å². The molecule has 0 saturated carbocycles. The Hall–Kier alpha value is -3.72. The zero-order valence-corrected chi connectivity index (χ0v) is 15.8. The molecule has 2 aromatic carbocycles. The van der Waals surface area contributed by atoms with E-state index in [-0.39, 0.29) is 32.8 Å². The monoisotopic (exact) mass is 431 g/mol. The number of aromatic nitrogens is 3. The van der Waals surface area contributed by atoms with Crippen LogP contribution >= 0.6 is 11.6 Å². The molecule has 0 saturated heterocycles. The second-order valence-corrected chi connectivity index (χ2v) is 6.90. The number of halogens is 3. The van der Waals surface area contributed by atoms with Crippen LogP contribution < -0.4 is 11.2 Å². The maximum Gasteiger partial charge on any atom is 0.353 e. The Bertz CT molecular complexity index is 1420. The third-order valence-electron chi connectivity index (χ3n) is 4.69. The summed E-state index contributed by atoms with van der Waals surface area (Å²) in [4.78, 5) is 40.3. The molecule has 4 aromatic rings. The molecule has 0 bridgehead atoms. The summed E-state index contributed by atoms with van der Waals surface area (Å²) in [5.74, 6) is -3.11. The molecule has 0 aliphatic heterocycles. The molecule has 0 unspecified atom stereocenters. The minimum Gasteiger partial charge on any atom is -0.477 e. The van der Waals surface area contributed by atoms with Crippen LogP contribution in [0.2, 0.25) is 5.02 Å². The Morgan fingerprint density at radius 2 is 1.83 bits per heavy atom. The summed E-state index contributed by atoms with van der Waals surface area (Å²) in [6.45, 7) is -0.445. The minimum atomic E-state index is -1.43. The molecule has 0 amide bonds. The lowest BCUT2D eigenvalue weighted by atomic mass is 10.0. The Kier molecular flexibility index (Phi) is 4.75. The summed E-state index contributed by atoms with van der Waals surface area (Å²) < 4.78 is 29.7. The van der Waals surface area contributed by atoms with Gasteiger partial charge in [-0.25, -0.2) is 18.4 Å². The normalized spacial score (nSPS) is 11.2. The zero-order chi connectivity index (χ0) is 21.6. The van der Waals surface area contributed by atoms with Gasteiger partial charge in [-0.3, -0.25) is 9.78 Å². The van der Waals surface area contributed by atoms with Gasteiger partial charge in [0, 0.05) is 33.2 Å². The van der Waals surface area contributed by atoms with Crippen molar-refractivity contribution < 1.29 is 18.7 Å². The number of aromatic amines is 2. The topological polar surface area (TPSA) is 108 Å². The average molecular weight is 432 g/mol. The molecule has 4 rings (SSSR count). The van der Waals surface area contributed by atoms with E-state index in [4.69, 9.17) is 11.6 Å². The fraction of sp³-hybridized carbons (Fsp3) is 0.0500. The Morgan fingerprint density at radius 1 is 1.13 bits per heavy atom. The maximum absolute atomic E-state index is 14.3. The van der Waals surface area contributed by atoms with Crippen LogP contribution in [0.15, 0.2) is 52.2 Å². The van der Waals surface area contributed by atoms with E-state index in [1.54, 1.807) is 0 Å². The number of carbonyl (C=O) groups is 1. The SMILES string of the molecule is O=C(O)c1c(-c2c[nH]c(=O)[nH]c2=O)c2cc(Cl)ccc2n1Cc1c(F)cccc1F. The summed E-state index contributed by atoms with van der Waals surface area (Å²) in [6, 6.07) is 7.75. The molecule has 3 N–H and O–H groups in total. The summed E-state index contributed by atoms with van der Waals surface area (Å²) in [5, 5.41) is 10.4. The first kappa shape index (κ1) is 19.6. The van der Waals surface area contributed by atoms with Crippen LogP contribution in [0.5, 0.6) is 0 Å². The fourth-order valence-corrected chi connectivity index (χ4v) is 3.60. The molecule has 30 heavy (non-hydrogen) atoms. The molecule has 2 heterocycles. The number of aromatic carboxylic acids is 1. The van der Waals surface area contributed by atoms with Crippen LogP contribution in [0.1, 0.15) is 16.1 Å². The van der Waals surface area contributed by atoms with Crippen molar-refractivity contribution in [1.82, 2.24) is 14.5 Å².